The molecule has 0 saturated carbocycles. The number of carbonyl (C=O) groups excluding carboxylic acids is 1. The lowest BCUT2D eigenvalue weighted by atomic mass is 10.3. The molecule has 0 spiro atoms. The van der Waals surface area contributed by atoms with Crippen molar-refractivity contribution in [1.29, 1.82) is 0 Å². The minimum absolute atomic E-state index is 0.332. The quantitative estimate of drug-likeness (QED) is 0.907. The Balaban J connectivity index is 2.05. The van der Waals surface area contributed by atoms with Gasteiger partial charge >= 0.3 is 6.03 Å². The van der Waals surface area contributed by atoms with Gasteiger partial charge in [0, 0.05) is 26.2 Å². The molecule has 0 radical (unpaired) electrons. The molecule has 2 amide bonds. The first-order chi connectivity index (χ1) is 8.99. The van der Waals surface area contributed by atoms with Crippen LogP contribution < -0.4 is 10.6 Å². The van der Waals surface area contributed by atoms with Gasteiger partial charge in [0.15, 0.2) is 0 Å². The van der Waals surface area contributed by atoms with Crippen LogP contribution in [0.25, 0.3) is 0 Å². The number of urea groups is 1. The van der Waals surface area contributed by atoms with Crippen LogP contribution in [0.15, 0.2) is 16.7 Å². The van der Waals surface area contributed by atoms with Crippen molar-refractivity contribution < 1.29 is 4.79 Å². The fraction of sp³-hybridized carbons (Fsp3) is 0.364. The molecule has 0 saturated heterocycles. The Morgan fingerprint density at radius 2 is 1.79 bits per heavy atom. The number of aromatic nitrogens is 4. The van der Waals surface area contributed by atoms with Crippen molar-refractivity contribution in [3.8, 4) is 0 Å². The third-order valence-corrected chi connectivity index (χ3v) is 3.01. The predicted molar refractivity (Wildman–Crippen MR) is 76.1 cm³/mol. The molecule has 7 nitrogen and oxygen atoms in total. The Morgan fingerprint density at radius 1 is 1.21 bits per heavy atom. The van der Waals surface area contributed by atoms with Gasteiger partial charge in [-0.25, -0.2) is 4.79 Å². The number of aryl methyl sites for hydroxylation is 3. The average molecular weight is 327 g/mol. The second kappa shape index (κ2) is 5.43. The molecule has 2 aromatic heterocycles. The molecular formula is C11H15BrN6O. The first kappa shape index (κ1) is 13.6. The summed E-state index contributed by atoms with van der Waals surface area (Å²) in [6.45, 7) is 2.01. The van der Waals surface area contributed by atoms with Crippen LogP contribution in [0.3, 0.4) is 0 Å². The summed E-state index contributed by atoms with van der Waals surface area (Å²) in [5.41, 5.74) is 0.932. The van der Waals surface area contributed by atoms with Crippen LogP contribution in [-0.4, -0.2) is 25.6 Å². The molecule has 2 rings (SSSR count). The van der Waals surface area contributed by atoms with Crippen LogP contribution in [0.1, 0.15) is 12.6 Å². The smallest absolute Gasteiger partial charge is 0.292 e. The van der Waals surface area contributed by atoms with Crippen LogP contribution in [0.4, 0.5) is 16.4 Å². The Bertz CT molecular complexity index is 602. The minimum Gasteiger partial charge on any atom is -0.292 e. The average Bonchev–Trinajstić information content (AvgIpc) is 2.83. The van der Waals surface area contributed by atoms with E-state index in [2.05, 4.69) is 36.8 Å². The second-order valence-corrected chi connectivity index (χ2v) is 4.87. The zero-order chi connectivity index (χ0) is 14.0. The molecule has 2 aromatic rings. The summed E-state index contributed by atoms with van der Waals surface area (Å²) in [7, 11) is 3.54. The standard InChI is InChI=1S/C11H15BrN6O/c1-4-7-5-9(17(2)15-7)13-11(19)14-10-6-8(12)16-18(10)3/h5-6H,4H2,1-3H3,(H2,13,14,19). The topological polar surface area (TPSA) is 76.8 Å². The molecule has 2 N–H and O–H groups in total. The highest BCUT2D eigenvalue weighted by molar-refractivity contribution is 9.10. The molecule has 0 aliphatic rings. The van der Waals surface area contributed by atoms with E-state index in [0.29, 0.717) is 16.2 Å². The number of nitrogens with zero attached hydrogens (tertiary/aromatic N) is 4. The number of anilines is 2. The fourth-order valence-electron chi connectivity index (χ4n) is 1.63. The number of nitrogens with one attached hydrogen (secondary N) is 2. The molecule has 102 valence electrons. The summed E-state index contributed by atoms with van der Waals surface area (Å²) >= 11 is 3.25. The highest BCUT2D eigenvalue weighted by atomic mass is 79.9. The van der Waals surface area contributed by atoms with Gasteiger partial charge in [-0.2, -0.15) is 10.2 Å². The number of amides is 2. The van der Waals surface area contributed by atoms with Crippen molar-refractivity contribution >= 4 is 33.6 Å². The largest absolute Gasteiger partial charge is 0.326 e. The maximum absolute atomic E-state index is 11.9. The number of hydrogen-bond donors (Lipinski definition) is 2. The van der Waals surface area contributed by atoms with Gasteiger partial charge in [0.1, 0.15) is 16.2 Å². The lowest BCUT2D eigenvalue weighted by Gasteiger charge is -2.07. The monoisotopic (exact) mass is 326 g/mol. The molecule has 0 unspecified atom stereocenters. The SMILES string of the molecule is CCc1cc(NC(=O)Nc2cc(Br)nn2C)n(C)n1. The maximum Gasteiger partial charge on any atom is 0.326 e. The Hall–Kier alpha value is -1.83. The van der Waals surface area contributed by atoms with Crippen molar-refractivity contribution in [3.05, 3.63) is 22.4 Å². The van der Waals surface area contributed by atoms with Crippen molar-refractivity contribution in [1.82, 2.24) is 19.6 Å². The zero-order valence-corrected chi connectivity index (χ0v) is 12.5. The molecule has 0 aromatic carbocycles. The van der Waals surface area contributed by atoms with Gasteiger partial charge in [0.25, 0.3) is 0 Å². The summed E-state index contributed by atoms with van der Waals surface area (Å²) in [6.07, 6.45) is 0.825. The molecule has 0 bridgehead atoms. The van der Waals surface area contributed by atoms with E-state index in [-0.39, 0.29) is 6.03 Å². The molecule has 0 aliphatic carbocycles. The number of rotatable bonds is 3. The van der Waals surface area contributed by atoms with Crippen LogP contribution in [0.5, 0.6) is 0 Å². The molecule has 2 heterocycles. The van der Waals surface area contributed by atoms with Gasteiger partial charge in [0.2, 0.25) is 0 Å². The molecule has 8 heteroatoms. The Kier molecular flexibility index (Phi) is 3.89. The first-order valence-electron chi connectivity index (χ1n) is 5.80. The predicted octanol–water partition coefficient (Wildman–Crippen LogP) is 2.12. The summed E-state index contributed by atoms with van der Waals surface area (Å²) in [4.78, 5) is 11.9. The van der Waals surface area contributed by atoms with Gasteiger partial charge in [-0.1, -0.05) is 6.92 Å². The van der Waals surface area contributed by atoms with Gasteiger partial charge in [-0.3, -0.25) is 20.0 Å². The van der Waals surface area contributed by atoms with Gasteiger partial charge in [-0.05, 0) is 22.4 Å². The zero-order valence-electron chi connectivity index (χ0n) is 10.9. The summed E-state index contributed by atoms with van der Waals surface area (Å²) < 4.78 is 3.88. The second-order valence-electron chi connectivity index (χ2n) is 4.05. The molecule has 19 heavy (non-hydrogen) atoms. The van der Waals surface area contributed by atoms with E-state index in [9.17, 15) is 4.79 Å². The first-order valence-corrected chi connectivity index (χ1v) is 6.59. The highest BCUT2D eigenvalue weighted by Gasteiger charge is 2.10. The van der Waals surface area contributed by atoms with E-state index in [0.717, 1.165) is 12.1 Å². The Morgan fingerprint density at radius 3 is 2.26 bits per heavy atom. The van der Waals surface area contributed by atoms with Gasteiger partial charge in [0.05, 0.1) is 5.69 Å². The molecule has 0 aliphatic heterocycles. The number of halogens is 1. The normalized spacial score (nSPS) is 10.5. The summed E-state index contributed by atoms with van der Waals surface area (Å²) in [5, 5.41) is 13.8. The van der Waals surface area contributed by atoms with Crippen LogP contribution >= 0.6 is 15.9 Å². The van der Waals surface area contributed by atoms with E-state index >= 15 is 0 Å². The van der Waals surface area contributed by atoms with Crippen molar-refractivity contribution in [2.24, 2.45) is 14.1 Å². The summed E-state index contributed by atoms with van der Waals surface area (Å²) in [5.74, 6) is 1.25. The van der Waals surface area contributed by atoms with Crippen molar-refractivity contribution in [2.75, 3.05) is 10.6 Å². The van der Waals surface area contributed by atoms with Crippen LogP contribution in [0, 0.1) is 0 Å². The van der Waals surface area contributed by atoms with E-state index in [1.165, 1.54) is 0 Å². The van der Waals surface area contributed by atoms with Crippen molar-refractivity contribution in [2.45, 2.75) is 13.3 Å². The lowest BCUT2D eigenvalue weighted by Crippen LogP contribution is -2.22. The van der Waals surface area contributed by atoms with E-state index in [1.807, 2.05) is 13.0 Å². The Labute approximate surface area is 119 Å². The van der Waals surface area contributed by atoms with E-state index in [1.54, 1.807) is 29.5 Å². The van der Waals surface area contributed by atoms with Gasteiger partial charge < -0.3 is 0 Å². The highest BCUT2D eigenvalue weighted by Crippen LogP contribution is 2.15. The molecule has 0 atom stereocenters. The van der Waals surface area contributed by atoms with Crippen LogP contribution in [0.2, 0.25) is 0 Å². The summed E-state index contributed by atoms with van der Waals surface area (Å²) in [6, 6.07) is 3.24. The van der Waals surface area contributed by atoms with E-state index in [4.69, 9.17) is 0 Å². The number of hydrogen-bond acceptors (Lipinski definition) is 3. The minimum atomic E-state index is -0.332. The van der Waals surface area contributed by atoms with Crippen LogP contribution in [-0.2, 0) is 20.5 Å². The third-order valence-electron chi connectivity index (χ3n) is 2.63. The van der Waals surface area contributed by atoms with Gasteiger partial charge in [-0.15, -0.1) is 0 Å². The van der Waals surface area contributed by atoms with E-state index < -0.39 is 0 Å². The lowest BCUT2D eigenvalue weighted by molar-refractivity contribution is 0.262. The maximum atomic E-state index is 11.9. The van der Waals surface area contributed by atoms with Crippen molar-refractivity contribution in [3.63, 3.8) is 0 Å². The fourth-order valence-corrected chi connectivity index (χ4v) is 2.08. The molecule has 0 fully saturated rings. The third kappa shape index (κ3) is 3.14. The molecular weight excluding hydrogens is 312 g/mol. The number of carbonyl (C=O) groups is 1.